The van der Waals surface area contributed by atoms with Crippen LogP contribution in [0.3, 0.4) is 0 Å². The molecule has 0 aliphatic carbocycles. The molecule has 0 N–H and O–H groups in total. The van der Waals surface area contributed by atoms with E-state index in [1.807, 2.05) is 0 Å². The normalized spacial score (nSPS) is 19.9. The molecule has 3 heteroatoms. The van der Waals surface area contributed by atoms with Crippen LogP contribution in [-0.4, -0.2) is 18.5 Å². The van der Waals surface area contributed by atoms with Crippen molar-refractivity contribution in [3.63, 3.8) is 0 Å². The highest BCUT2D eigenvalue weighted by Crippen LogP contribution is 2.32. The van der Waals surface area contributed by atoms with Crippen LogP contribution in [0, 0.1) is 6.92 Å². The molecule has 0 amide bonds. The second-order valence-electron chi connectivity index (χ2n) is 4.15. The van der Waals surface area contributed by atoms with Crippen LogP contribution >= 0.6 is 11.3 Å². The van der Waals surface area contributed by atoms with Gasteiger partial charge in [0.15, 0.2) is 0 Å². The van der Waals surface area contributed by atoms with Crippen LogP contribution in [0.15, 0.2) is 29.3 Å². The molecule has 1 aliphatic heterocycles. The molecule has 82 valence electrons. The molecule has 0 fully saturated rings. The summed E-state index contributed by atoms with van der Waals surface area (Å²) in [6.45, 7) is 4.93. The van der Waals surface area contributed by atoms with E-state index in [4.69, 9.17) is 4.74 Å². The van der Waals surface area contributed by atoms with Crippen LogP contribution in [0.4, 0.5) is 0 Å². The summed E-state index contributed by atoms with van der Waals surface area (Å²) in [6, 6.07) is 8.74. The van der Waals surface area contributed by atoms with Gasteiger partial charge in [0.05, 0.1) is 10.9 Å². The van der Waals surface area contributed by atoms with Crippen molar-refractivity contribution >= 4 is 27.3 Å². The molecular formula is C13H13NOS. The number of ether oxygens (including phenoxy) is 1. The summed E-state index contributed by atoms with van der Waals surface area (Å²) in [6.07, 6.45) is 0. The lowest BCUT2D eigenvalue weighted by Crippen LogP contribution is -2.01. The average Bonchev–Trinajstić information content (AvgIpc) is 2.84. The summed E-state index contributed by atoms with van der Waals surface area (Å²) in [7, 11) is 0. The summed E-state index contributed by atoms with van der Waals surface area (Å²) in [4.78, 5) is 5.71. The minimum atomic E-state index is 0.291. The third-order valence-corrected chi connectivity index (χ3v) is 4.10. The number of thiophene rings is 1. The molecule has 1 aliphatic rings. The minimum Gasteiger partial charge on any atom is -0.475 e. The van der Waals surface area contributed by atoms with Gasteiger partial charge < -0.3 is 4.74 Å². The van der Waals surface area contributed by atoms with Gasteiger partial charge >= 0.3 is 0 Å². The van der Waals surface area contributed by atoms with E-state index in [-0.39, 0.29) is 0 Å². The van der Waals surface area contributed by atoms with E-state index in [0.29, 0.717) is 12.6 Å². The summed E-state index contributed by atoms with van der Waals surface area (Å²) < 4.78 is 6.93. The number of nitrogens with zero attached hydrogens (tertiary/aromatic N) is 1. The third kappa shape index (κ3) is 1.43. The first-order chi connectivity index (χ1) is 7.75. The zero-order valence-corrected chi connectivity index (χ0v) is 10.2. The summed E-state index contributed by atoms with van der Waals surface area (Å²) >= 11 is 1.77. The molecule has 1 unspecified atom stereocenters. The van der Waals surface area contributed by atoms with Crippen LogP contribution in [0.25, 0.3) is 10.1 Å². The number of aryl methyl sites for hydroxylation is 1. The predicted octanol–water partition coefficient (Wildman–Crippen LogP) is 3.38. The number of hydrogen-bond acceptors (Lipinski definition) is 3. The van der Waals surface area contributed by atoms with Gasteiger partial charge in [-0.25, -0.2) is 4.99 Å². The van der Waals surface area contributed by atoms with E-state index in [9.17, 15) is 0 Å². The van der Waals surface area contributed by atoms with E-state index in [0.717, 1.165) is 5.90 Å². The van der Waals surface area contributed by atoms with Crippen molar-refractivity contribution in [1.82, 2.24) is 0 Å². The fraction of sp³-hybridized carbons (Fsp3) is 0.308. The van der Waals surface area contributed by atoms with Crippen molar-refractivity contribution in [2.45, 2.75) is 19.9 Å². The number of rotatable bonds is 1. The summed E-state index contributed by atoms with van der Waals surface area (Å²) in [5.41, 5.74) is 1.29. The maximum absolute atomic E-state index is 5.62. The quantitative estimate of drug-likeness (QED) is 0.737. The number of aliphatic imine (C=N–C) groups is 1. The maximum atomic E-state index is 5.62. The van der Waals surface area contributed by atoms with Crippen LogP contribution in [-0.2, 0) is 4.74 Å². The van der Waals surface area contributed by atoms with Gasteiger partial charge in [-0.15, -0.1) is 11.3 Å². The average molecular weight is 231 g/mol. The van der Waals surface area contributed by atoms with Crippen LogP contribution < -0.4 is 0 Å². The smallest absolute Gasteiger partial charge is 0.227 e. The number of benzene rings is 1. The lowest BCUT2D eigenvalue weighted by atomic mass is 10.1. The van der Waals surface area contributed by atoms with Crippen molar-refractivity contribution < 1.29 is 4.74 Å². The molecule has 0 bridgehead atoms. The molecule has 2 heterocycles. The van der Waals surface area contributed by atoms with Crippen LogP contribution in [0.5, 0.6) is 0 Å². The van der Waals surface area contributed by atoms with Gasteiger partial charge in [0, 0.05) is 4.70 Å². The van der Waals surface area contributed by atoms with Gasteiger partial charge in [0.25, 0.3) is 0 Å². The Labute approximate surface area is 98.6 Å². The Bertz CT molecular complexity index is 570. The van der Waals surface area contributed by atoms with E-state index in [1.54, 1.807) is 11.3 Å². The van der Waals surface area contributed by atoms with Gasteiger partial charge in [-0.05, 0) is 30.9 Å². The van der Waals surface area contributed by atoms with E-state index in [1.165, 1.54) is 20.5 Å². The number of hydrogen-bond donors (Lipinski definition) is 0. The van der Waals surface area contributed by atoms with Crippen molar-refractivity contribution in [3.8, 4) is 0 Å². The van der Waals surface area contributed by atoms with Crippen molar-refractivity contribution in [1.29, 1.82) is 0 Å². The molecule has 0 spiro atoms. The molecule has 1 aromatic carbocycles. The fourth-order valence-electron chi connectivity index (χ4n) is 1.98. The molecule has 16 heavy (non-hydrogen) atoms. The van der Waals surface area contributed by atoms with Crippen molar-refractivity contribution in [2.75, 3.05) is 6.61 Å². The zero-order chi connectivity index (χ0) is 11.1. The van der Waals surface area contributed by atoms with E-state index in [2.05, 4.69) is 43.1 Å². The molecule has 0 saturated carbocycles. The lowest BCUT2D eigenvalue weighted by Gasteiger charge is -1.98. The molecule has 0 saturated heterocycles. The minimum absolute atomic E-state index is 0.291. The molecule has 1 aromatic heterocycles. The van der Waals surface area contributed by atoms with Crippen molar-refractivity contribution in [2.24, 2.45) is 4.99 Å². The highest BCUT2D eigenvalue weighted by Gasteiger charge is 2.20. The molecule has 2 nitrogen and oxygen atoms in total. The highest BCUT2D eigenvalue weighted by molar-refractivity contribution is 7.21. The second kappa shape index (κ2) is 3.59. The predicted molar refractivity (Wildman–Crippen MR) is 68.5 cm³/mol. The van der Waals surface area contributed by atoms with Gasteiger partial charge in [-0.3, -0.25) is 0 Å². The van der Waals surface area contributed by atoms with Crippen molar-refractivity contribution in [3.05, 3.63) is 34.7 Å². The van der Waals surface area contributed by atoms with E-state index >= 15 is 0 Å². The third-order valence-electron chi connectivity index (χ3n) is 2.84. The van der Waals surface area contributed by atoms with Crippen LogP contribution in [0.2, 0.25) is 0 Å². The molecular weight excluding hydrogens is 218 g/mol. The monoisotopic (exact) mass is 231 g/mol. The Balaban J connectivity index is 2.18. The molecule has 3 rings (SSSR count). The van der Waals surface area contributed by atoms with Gasteiger partial charge in [0.1, 0.15) is 6.61 Å². The van der Waals surface area contributed by atoms with E-state index < -0.39 is 0 Å². The first-order valence-corrected chi connectivity index (χ1v) is 6.26. The highest BCUT2D eigenvalue weighted by atomic mass is 32.1. The second-order valence-corrected chi connectivity index (χ2v) is 5.20. The summed E-state index contributed by atoms with van der Waals surface area (Å²) in [5.74, 6) is 0.825. The summed E-state index contributed by atoms with van der Waals surface area (Å²) in [5, 5.41) is 1.31. The Hall–Kier alpha value is -1.35. The first kappa shape index (κ1) is 9.85. The Morgan fingerprint density at radius 1 is 1.38 bits per heavy atom. The Morgan fingerprint density at radius 2 is 2.19 bits per heavy atom. The molecule has 2 aromatic rings. The number of fused-ring (bicyclic) bond motifs is 1. The topological polar surface area (TPSA) is 21.6 Å². The molecule has 0 radical (unpaired) electrons. The fourth-order valence-corrected chi connectivity index (χ4v) is 3.14. The molecule has 1 atom stereocenters. The zero-order valence-electron chi connectivity index (χ0n) is 9.36. The van der Waals surface area contributed by atoms with Gasteiger partial charge in [-0.2, -0.15) is 0 Å². The Kier molecular flexibility index (Phi) is 2.21. The maximum Gasteiger partial charge on any atom is 0.227 e. The standard InChI is InChI=1S/C13H13NOS/c1-8-7-15-13(14-8)12-9(2)10-5-3-4-6-11(10)16-12/h3-6,8H,7H2,1-2H3. The van der Waals surface area contributed by atoms with Crippen LogP contribution in [0.1, 0.15) is 17.4 Å². The first-order valence-electron chi connectivity index (χ1n) is 5.45. The largest absolute Gasteiger partial charge is 0.475 e. The van der Waals surface area contributed by atoms with Gasteiger partial charge in [-0.1, -0.05) is 18.2 Å². The Morgan fingerprint density at radius 3 is 2.88 bits per heavy atom. The SMILES string of the molecule is Cc1c(C2=NC(C)CO2)sc2ccccc12. The lowest BCUT2D eigenvalue weighted by molar-refractivity contribution is 0.324. The van der Waals surface area contributed by atoms with Gasteiger partial charge in [0.2, 0.25) is 5.90 Å².